The van der Waals surface area contributed by atoms with Crippen LogP contribution in [0.1, 0.15) is 16.7 Å². The molecule has 0 bridgehead atoms. The molecule has 0 radical (unpaired) electrons. The maximum absolute atomic E-state index is 13.3. The van der Waals surface area contributed by atoms with Crippen LogP contribution in [0.4, 0.5) is 4.39 Å². The molecular weight excluding hydrogens is 269 g/mol. The average Bonchev–Trinajstić information content (AvgIpc) is 2.49. The Balaban J connectivity index is 2.14. The molecule has 0 saturated carbocycles. The number of rotatable bonds is 6. The van der Waals surface area contributed by atoms with Gasteiger partial charge in [0.2, 0.25) is 0 Å². The lowest BCUT2D eigenvalue weighted by Gasteiger charge is -2.13. The first-order chi connectivity index (χ1) is 10.1. The highest BCUT2D eigenvalue weighted by atomic mass is 19.1. The molecule has 0 aliphatic carbocycles. The van der Waals surface area contributed by atoms with E-state index in [1.54, 1.807) is 13.2 Å². The predicted octanol–water partition coefficient (Wildman–Crippen LogP) is 3.44. The third-order valence-electron chi connectivity index (χ3n) is 3.30. The van der Waals surface area contributed by atoms with E-state index in [9.17, 15) is 4.39 Å². The van der Waals surface area contributed by atoms with Gasteiger partial charge in [-0.25, -0.2) is 4.39 Å². The summed E-state index contributed by atoms with van der Waals surface area (Å²) in [4.78, 5) is 0. The topological polar surface area (TPSA) is 30.5 Å². The van der Waals surface area contributed by atoms with E-state index in [2.05, 4.69) is 5.32 Å². The van der Waals surface area contributed by atoms with Crippen LogP contribution < -0.4 is 14.8 Å². The van der Waals surface area contributed by atoms with Crippen molar-refractivity contribution in [3.05, 3.63) is 58.9 Å². The molecule has 0 aliphatic heterocycles. The molecule has 0 amide bonds. The van der Waals surface area contributed by atoms with Crippen molar-refractivity contribution < 1.29 is 13.9 Å². The zero-order chi connectivity index (χ0) is 15.2. The summed E-state index contributed by atoms with van der Waals surface area (Å²) < 4.78 is 24.4. The minimum absolute atomic E-state index is 0.254. The van der Waals surface area contributed by atoms with E-state index in [-0.39, 0.29) is 5.82 Å². The largest absolute Gasteiger partial charge is 0.493 e. The summed E-state index contributed by atoms with van der Waals surface area (Å²) in [6.45, 7) is 3.01. The number of halogens is 1. The fourth-order valence-corrected chi connectivity index (χ4v) is 2.10. The number of aryl methyl sites for hydroxylation is 1. The number of ether oxygens (including phenoxy) is 2. The molecule has 0 spiro atoms. The molecule has 0 unspecified atom stereocenters. The van der Waals surface area contributed by atoms with Gasteiger partial charge in [-0.1, -0.05) is 12.1 Å². The van der Waals surface area contributed by atoms with Crippen LogP contribution in [0.5, 0.6) is 11.5 Å². The van der Waals surface area contributed by atoms with Crippen molar-refractivity contribution in [2.75, 3.05) is 14.2 Å². The first-order valence-corrected chi connectivity index (χ1v) is 6.83. The van der Waals surface area contributed by atoms with Gasteiger partial charge >= 0.3 is 0 Å². The molecule has 4 heteroatoms. The highest BCUT2D eigenvalue weighted by molar-refractivity contribution is 5.43. The highest BCUT2D eigenvalue weighted by Gasteiger charge is 2.07. The molecule has 2 aromatic rings. The predicted molar refractivity (Wildman–Crippen MR) is 81.2 cm³/mol. The number of benzene rings is 2. The summed E-state index contributed by atoms with van der Waals surface area (Å²) in [6, 6.07) is 10.5. The molecule has 0 fully saturated rings. The Morgan fingerprint density at radius 3 is 2.62 bits per heavy atom. The minimum atomic E-state index is -0.254. The lowest BCUT2D eigenvalue weighted by molar-refractivity contribution is 0.283. The van der Waals surface area contributed by atoms with Crippen LogP contribution in [0.15, 0.2) is 36.4 Å². The van der Waals surface area contributed by atoms with Crippen molar-refractivity contribution in [3.63, 3.8) is 0 Å². The average molecular weight is 289 g/mol. The lowest BCUT2D eigenvalue weighted by Crippen LogP contribution is -2.06. The van der Waals surface area contributed by atoms with Crippen LogP contribution in [0.25, 0.3) is 0 Å². The number of nitrogens with one attached hydrogen (secondary N) is 1. The van der Waals surface area contributed by atoms with E-state index in [1.165, 1.54) is 12.1 Å². The van der Waals surface area contributed by atoms with E-state index in [0.29, 0.717) is 18.1 Å². The van der Waals surface area contributed by atoms with Crippen LogP contribution in [0, 0.1) is 12.7 Å². The van der Waals surface area contributed by atoms with Crippen molar-refractivity contribution >= 4 is 0 Å². The molecule has 0 heterocycles. The van der Waals surface area contributed by atoms with Crippen LogP contribution >= 0.6 is 0 Å². The molecular formula is C17H20FNO2. The number of hydrogen-bond donors (Lipinski definition) is 1. The van der Waals surface area contributed by atoms with Gasteiger partial charge in [0.15, 0.2) is 11.5 Å². The van der Waals surface area contributed by atoms with Gasteiger partial charge in [-0.05, 0) is 54.9 Å². The van der Waals surface area contributed by atoms with Gasteiger partial charge in [0.1, 0.15) is 12.4 Å². The van der Waals surface area contributed by atoms with Gasteiger partial charge < -0.3 is 14.8 Å². The van der Waals surface area contributed by atoms with Gasteiger partial charge in [-0.3, -0.25) is 0 Å². The number of hydrogen-bond acceptors (Lipinski definition) is 3. The fraction of sp³-hybridized carbons (Fsp3) is 0.294. The number of methoxy groups -OCH3 is 1. The smallest absolute Gasteiger partial charge is 0.161 e. The van der Waals surface area contributed by atoms with Crippen LogP contribution in [-0.4, -0.2) is 14.2 Å². The van der Waals surface area contributed by atoms with Crippen molar-refractivity contribution in [2.24, 2.45) is 0 Å². The van der Waals surface area contributed by atoms with Gasteiger partial charge in [0, 0.05) is 6.54 Å². The van der Waals surface area contributed by atoms with E-state index in [0.717, 1.165) is 23.2 Å². The Labute approximate surface area is 124 Å². The minimum Gasteiger partial charge on any atom is -0.493 e. The maximum atomic E-state index is 13.3. The van der Waals surface area contributed by atoms with Gasteiger partial charge in [0.25, 0.3) is 0 Å². The Morgan fingerprint density at radius 2 is 1.90 bits per heavy atom. The Morgan fingerprint density at radius 1 is 1.10 bits per heavy atom. The van der Waals surface area contributed by atoms with Gasteiger partial charge in [-0.2, -0.15) is 0 Å². The first kappa shape index (κ1) is 15.3. The van der Waals surface area contributed by atoms with Crippen molar-refractivity contribution in [1.82, 2.24) is 5.32 Å². The van der Waals surface area contributed by atoms with E-state index >= 15 is 0 Å². The second-order valence-electron chi connectivity index (χ2n) is 4.88. The second kappa shape index (κ2) is 7.09. The Hall–Kier alpha value is -2.07. The zero-order valence-electron chi connectivity index (χ0n) is 12.6. The molecule has 2 rings (SSSR count). The molecule has 21 heavy (non-hydrogen) atoms. The highest BCUT2D eigenvalue weighted by Crippen LogP contribution is 2.29. The molecule has 3 nitrogen and oxygen atoms in total. The summed E-state index contributed by atoms with van der Waals surface area (Å²) in [5, 5.41) is 3.09. The third-order valence-corrected chi connectivity index (χ3v) is 3.30. The summed E-state index contributed by atoms with van der Waals surface area (Å²) in [7, 11) is 3.50. The second-order valence-corrected chi connectivity index (χ2v) is 4.88. The third kappa shape index (κ3) is 3.95. The monoisotopic (exact) mass is 289 g/mol. The molecule has 2 aromatic carbocycles. The first-order valence-electron chi connectivity index (χ1n) is 6.83. The van der Waals surface area contributed by atoms with E-state index in [1.807, 2.05) is 32.2 Å². The van der Waals surface area contributed by atoms with Crippen LogP contribution in [0.3, 0.4) is 0 Å². The molecule has 0 saturated heterocycles. The summed E-state index contributed by atoms with van der Waals surface area (Å²) in [5.41, 5.74) is 2.95. The van der Waals surface area contributed by atoms with E-state index in [4.69, 9.17) is 9.47 Å². The fourth-order valence-electron chi connectivity index (χ4n) is 2.10. The standard InChI is InChI=1S/C17H20FNO2/c1-12-4-6-15(18)9-14(12)11-21-16-7-5-13(10-19-2)8-17(16)20-3/h4-9,19H,10-11H2,1-3H3. The Kier molecular flexibility index (Phi) is 5.17. The van der Waals surface area contributed by atoms with Crippen molar-refractivity contribution in [2.45, 2.75) is 20.1 Å². The van der Waals surface area contributed by atoms with Crippen LogP contribution in [-0.2, 0) is 13.2 Å². The normalized spacial score (nSPS) is 10.5. The maximum Gasteiger partial charge on any atom is 0.161 e. The molecule has 0 atom stereocenters. The SMILES string of the molecule is CNCc1ccc(OCc2cc(F)ccc2C)c(OC)c1. The summed E-state index contributed by atoms with van der Waals surface area (Å²) in [6.07, 6.45) is 0. The lowest BCUT2D eigenvalue weighted by atomic mass is 10.1. The van der Waals surface area contributed by atoms with Gasteiger partial charge in [-0.15, -0.1) is 0 Å². The molecule has 112 valence electrons. The van der Waals surface area contributed by atoms with E-state index < -0.39 is 0 Å². The molecule has 0 aromatic heterocycles. The Bertz CT molecular complexity index is 614. The summed E-state index contributed by atoms with van der Waals surface area (Å²) >= 11 is 0. The molecule has 0 aliphatic rings. The van der Waals surface area contributed by atoms with Gasteiger partial charge in [0.05, 0.1) is 7.11 Å². The summed E-state index contributed by atoms with van der Waals surface area (Å²) in [5.74, 6) is 1.08. The van der Waals surface area contributed by atoms with Crippen molar-refractivity contribution in [1.29, 1.82) is 0 Å². The zero-order valence-corrected chi connectivity index (χ0v) is 12.6. The molecule has 1 N–H and O–H groups in total. The quantitative estimate of drug-likeness (QED) is 0.883. The van der Waals surface area contributed by atoms with Crippen LogP contribution in [0.2, 0.25) is 0 Å². The van der Waals surface area contributed by atoms with Crippen molar-refractivity contribution in [3.8, 4) is 11.5 Å².